The average Bonchev–Trinajstić information content (AvgIpc) is 2.30. The Balaban J connectivity index is 1.82. The maximum atomic E-state index is 10.2. The summed E-state index contributed by atoms with van der Waals surface area (Å²) < 4.78 is 0. The topological polar surface area (TPSA) is 44.3 Å². The summed E-state index contributed by atoms with van der Waals surface area (Å²) in [6, 6.07) is 0.665. The van der Waals surface area contributed by atoms with Gasteiger partial charge in [-0.1, -0.05) is 12.8 Å². The molecule has 2 fully saturated rings. The fraction of sp³-hybridized carbons (Fsp3) is 1.00. The van der Waals surface area contributed by atoms with Crippen LogP contribution in [0.5, 0.6) is 0 Å². The van der Waals surface area contributed by atoms with Gasteiger partial charge in [-0.2, -0.15) is 0 Å². The molecular formula is C11H22N2O. The zero-order valence-electron chi connectivity index (χ0n) is 8.84. The van der Waals surface area contributed by atoms with Crippen molar-refractivity contribution in [3.05, 3.63) is 0 Å². The van der Waals surface area contributed by atoms with Crippen LogP contribution in [0.25, 0.3) is 0 Å². The van der Waals surface area contributed by atoms with Crippen LogP contribution in [0.3, 0.4) is 0 Å². The number of aliphatic hydroxyl groups is 1. The lowest BCUT2D eigenvalue weighted by atomic mass is 9.91. The van der Waals surface area contributed by atoms with Gasteiger partial charge in [0.1, 0.15) is 0 Å². The molecule has 82 valence electrons. The molecule has 0 aliphatic carbocycles. The third kappa shape index (κ3) is 2.47. The van der Waals surface area contributed by atoms with E-state index in [0.29, 0.717) is 12.1 Å². The van der Waals surface area contributed by atoms with E-state index < -0.39 is 0 Å². The number of piperidine rings is 2. The third-order valence-corrected chi connectivity index (χ3v) is 3.52. The Morgan fingerprint density at radius 3 is 1.71 bits per heavy atom. The van der Waals surface area contributed by atoms with E-state index >= 15 is 0 Å². The predicted molar refractivity (Wildman–Crippen MR) is 57.3 cm³/mol. The summed E-state index contributed by atoms with van der Waals surface area (Å²) in [7, 11) is 0. The van der Waals surface area contributed by atoms with Crippen molar-refractivity contribution in [3.8, 4) is 0 Å². The van der Waals surface area contributed by atoms with Crippen LogP contribution in [0.15, 0.2) is 0 Å². The quantitative estimate of drug-likeness (QED) is 0.610. The first-order valence-corrected chi connectivity index (χ1v) is 6.03. The Morgan fingerprint density at radius 2 is 1.36 bits per heavy atom. The smallest absolute Gasteiger partial charge is 0.0845 e. The summed E-state index contributed by atoms with van der Waals surface area (Å²) >= 11 is 0. The second-order valence-electron chi connectivity index (χ2n) is 4.60. The van der Waals surface area contributed by atoms with Gasteiger partial charge in [-0.3, -0.25) is 0 Å². The highest BCUT2D eigenvalue weighted by atomic mass is 16.3. The molecule has 0 aromatic rings. The van der Waals surface area contributed by atoms with Crippen LogP contribution in [0.2, 0.25) is 0 Å². The number of nitrogens with one attached hydrogen (secondary N) is 2. The van der Waals surface area contributed by atoms with Crippen LogP contribution in [0.1, 0.15) is 38.5 Å². The van der Waals surface area contributed by atoms with E-state index in [9.17, 15) is 5.11 Å². The van der Waals surface area contributed by atoms with E-state index in [1.807, 2.05) is 0 Å². The van der Waals surface area contributed by atoms with Gasteiger partial charge in [0.2, 0.25) is 0 Å². The van der Waals surface area contributed by atoms with Gasteiger partial charge in [0, 0.05) is 12.1 Å². The molecule has 2 unspecified atom stereocenters. The maximum absolute atomic E-state index is 10.2. The highest BCUT2D eigenvalue weighted by molar-refractivity contribution is 4.89. The maximum Gasteiger partial charge on any atom is 0.0845 e. The normalized spacial score (nSPS) is 36.6. The molecule has 2 saturated heterocycles. The lowest BCUT2D eigenvalue weighted by molar-refractivity contribution is 0.0654. The van der Waals surface area contributed by atoms with Crippen molar-refractivity contribution in [1.82, 2.24) is 10.6 Å². The Hall–Kier alpha value is -0.120. The van der Waals surface area contributed by atoms with Crippen LogP contribution in [0, 0.1) is 0 Å². The molecule has 0 bridgehead atoms. The number of hydrogen-bond donors (Lipinski definition) is 3. The average molecular weight is 198 g/mol. The highest BCUT2D eigenvalue weighted by Gasteiger charge is 2.29. The monoisotopic (exact) mass is 198 g/mol. The molecule has 0 saturated carbocycles. The number of rotatable bonds is 2. The van der Waals surface area contributed by atoms with Gasteiger partial charge in [0.15, 0.2) is 0 Å². The molecule has 0 amide bonds. The minimum Gasteiger partial charge on any atom is -0.390 e. The Bertz CT molecular complexity index is 145. The Labute approximate surface area is 86.3 Å². The molecule has 2 atom stereocenters. The van der Waals surface area contributed by atoms with Crippen molar-refractivity contribution in [2.24, 2.45) is 0 Å². The van der Waals surface area contributed by atoms with Gasteiger partial charge in [-0.05, 0) is 38.8 Å². The second kappa shape index (κ2) is 5.10. The molecule has 2 aliphatic rings. The van der Waals surface area contributed by atoms with Crippen LogP contribution in [-0.2, 0) is 0 Å². The van der Waals surface area contributed by atoms with Crippen LogP contribution >= 0.6 is 0 Å². The molecule has 2 heterocycles. The molecule has 3 N–H and O–H groups in total. The van der Waals surface area contributed by atoms with Gasteiger partial charge >= 0.3 is 0 Å². The first-order valence-electron chi connectivity index (χ1n) is 6.03. The number of aliphatic hydroxyl groups excluding tert-OH is 1. The van der Waals surface area contributed by atoms with Gasteiger partial charge in [-0.25, -0.2) is 0 Å². The van der Waals surface area contributed by atoms with Gasteiger partial charge in [0.25, 0.3) is 0 Å². The molecule has 2 aliphatic heterocycles. The summed E-state index contributed by atoms with van der Waals surface area (Å²) in [6.45, 7) is 2.16. The molecule has 0 spiro atoms. The van der Waals surface area contributed by atoms with E-state index in [0.717, 1.165) is 25.9 Å². The van der Waals surface area contributed by atoms with Gasteiger partial charge in [-0.15, -0.1) is 0 Å². The van der Waals surface area contributed by atoms with Crippen LogP contribution in [0.4, 0.5) is 0 Å². The lowest BCUT2D eigenvalue weighted by Gasteiger charge is -2.35. The molecule has 0 aromatic heterocycles. The van der Waals surface area contributed by atoms with Gasteiger partial charge in [0.05, 0.1) is 6.10 Å². The summed E-state index contributed by atoms with van der Waals surface area (Å²) in [6.07, 6.45) is 7.15. The minimum absolute atomic E-state index is 0.185. The van der Waals surface area contributed by atoms with Crippen molar-refractivity contribution < 1.29 is 5.11 Å². The van der Waals surface area contributed by atoms with E-state index in [2.05, 4.69) is 10.6 Å². The zero-order chi connectivity index (χ0) is 9.80. The lowest BCUT2D eigenvalue weighted by Crippen LogP contribution is -2.54. The first-order chi connectivity index (χ1) is 6.88. The minimum atomic E-state index is -0.185. The molecule has 3 nitrogen and oxygen atoms in total. The molecule has 3 heteroatoms. The van der Waals surface area contributed by atoms with Crippen molar-refractivity contribution in [2.45, 2.75) is 56.7 Å². The second-order valence-corrected chi connectivity index (χ2v) is 4.60. The molecule has 14 heavy (non-hydrogen) atoms. The fourth-order valence-electron chi connectivity index (χ4n) is 2.62. The summed E-state index contributed by atoms with van der Waals surface area (Å²) in [5.41, 5.74) is 0. The summed E-state index contributed by atoms with van der Waals surface area (Å²) in [4.78, 5) is 0. The molecule has 0 aromatic carbocycles. The molecule has 2 rings (SSSR count). The van der Waals surface area contributed by atoms with Crippen LogP contribution < -0.4 is 10.6 Å². The Kier molecular flexibility index (Phi) is 3.79. The van der Waals surface area contributed by atoms with E-state index in [4.69, 9.17) is 0 Å². The first kappa shape index (κ1) is 10.4. The van der Waals surface area contributed by atoms with E-state index in [1.54, 1.807) is 0 Å². The SMILES string of the molecule is OC(C1CCCCN1)C1CCCCN1. The van der Waals surface area contributed by atoms with Crippen molar-refractivity contribution in [2.75, 3.05) is 13.1 Å². The largest absolute Gasteiger partial charge is 0.390 e. The van der Waals surface area contributed by atoms with Crippen LogP contribution in [-0.4, -0.2) is 36.4 Å². The van der Waals surface area contributed by atoms with Crippen molar-refractivity contribution in [3.63, 3.8) is 0 Å². The van der Waals surface area contributed by atoms with Gasteiger partial charge < -0.3 is 15.7 Å². The van der Waals surface area contributed by atoms with E-state index in [-0.39, 0.29) is 6.10 Å². The molecule has 0 radical (unpaired) electrons. The number of hydrogen-bond acceptors (Lipinski definition) is 3. The predicted octanol–water partition coefficient (Wildman–Crippen LogP) is 0.632. The molecular weight excluding hydrogens is 176 g/mol. The third-order valence-electron chi connectivity index (χ3n) is 3.52. The zero-order valence-corrected chi connectivity index (χ0v) is 8.84. The fourth-order valence-corrected chi connectivity index (χ4v) is 2.62. The summed E-state index contributed by atoms with van der Waals surface area (Å²) in [5.74, 6) is 0. The van der Waals surface area contributed by atoms with E-state index in [1.165, 1.54) is 25.7 Å². The van der Waals surface area contributed by atoms with Crippen molar-refractivity contribution in [1.29, 1.82) is 0 Å². The van der Waals surface area contributed by atoms with Crippen molar-refractivity contribution >= 4 is 0 Å². The Morgan fingerprint density at radius 1 is 0.857 bits per heavy atom. The highest BCUT2D eigenvalue weighted by Crippen LogP contribution is 2.17. The standard InChI is InChI=1S/C11H22N2O/c14-11(9-5-1-3-7-12-9)10-6-2-4-8-13-10/h9-14H,1-8H2. The summed E-state index contributed by atoms with van der Waals surface area (Å²) in [5, 5.41) is 17.0.